The van der Waals surface area contributed by atoms with Crippen LogP contribution in [0.5, 0.6) is 0 Å². The number of carbonyl (C=O) groups excluding carboxylic acids is 1. The maximum atomic E-state index is 12.3. The number of hydrogen-bond acceptors (Lipinski definition) is 3. The molecule has 88 valence electrons. The van der Waals surface area contributed by atoms with E-state index in [1.54, 1.807) is 0 Å². The summed E-state index contributed by atoms with van der Waals surface area (Å²) in [6.07, 6.45) is -4.22. The molecule has 0 heterocycles. The molecule has 0 spiro atoms. The molecule has 1 unspecified atom stereocenters. The Morgan fingerprint density at radius 2 is 2.12 bits per heavy atom. The molecule has 6 heteroatoms. The molecule has 0 aromatic heterocycles. The number of carbonyl (C=O) groups is 1. The van der Waals surface area contributed by atoms with Crippen molar-refractivity contribution >= 4 is 17.6 Å². The van der Waals surface area contributed by atoms with Crippen LogP contribution in [0.25, 0.3) is 0 Å². The minimum Gasteiger partial charge on any atom is -0.467 e. The van der Waals surface area contributed by atoms with Crippen LogP contribution in [0.4, 0.5) is 8.78 Å². The molecule has 0 saturated heterocycles. The third-order valence-corrected chi connectivity index (χ3v) is 2.32. The molecule has 1 aromatic carbocycles. The van der Waals surface area contributed by atoms with Gasteiger partial charge in [-0.2, -0.15) is 0 Å². The SMILES string of the molecule is COC(=O)C(O)c1ccc(C(F)F)cc1Cl. The molecule has 0 bridgehead atoms. The highest BCUT2D eigenvalue weighted by Gasteiger charge is 2.21. The zero-order valence-corrected chi connectivity index (χ0v) is 9.04. The summed E-state index contributed by atoms with van der Waals surface area (Å²) in [7, 11) is 1.10. The van der Waals surface area contributed by atoms with E-state index in [2.05, 4.69) is 4.74 Å². The topological polar surface area (TPSA) is 46.5 Å². The lowest BCUT2D eigenvalue weighted by Gasteiger charge is -2.11. The lowest BCUT2D eigenvalue weighted by atomic mass is 10.1. The van der Waals surface area contributed by atoms with Crippen LogP contribution in [0, 0.1) is 0 Å². The average Bonchev–Trinajstić information content (AvgIpc) is 2.26. The van der Waals surface area contributed by atoms with E-state index in [9.17, 15) is 18.7 Å². The standard InChI is InChI=1S/C10H9ClF2O3/c1-16-10(15)8(14)6-3-2-5(9(12)13)4-7(6)11/h2-4,8-9,14H,1H3. The Balaban J connectivity index is 3.03. The minimum absolute atomic E-state index is 0.0397. The summed E-state index contributed by atoms with van der Waals surface area (Å²) < 4.78 is 28.9. The van der Waals surface area contributed by atoms with Crippen LogP contribution in [-0.2, 0) is 9.53 Å². The lowest BCUT2D eigenvalue weighted by molar-refractivity contribution is -0.150. The van der Waals surface area contributed by atoms with E-state index < -0.39 is 18.5 Å². The van der Waals surface area contributed by atoms with Crippen molar-refractivity contribution in [3.05, 3.63) is 34.3 Å². The van der Waals surface area contributed by atoms with Gasteiger partial charge >= 0.3 is 5.97 Å². The Bertz CT molecular complexity index is 396. The first kappa shape index (κ1) is 12.9. The number of alkyl halides is 2. The van der Waals surface area contributed by atoms with Crippen molar-refractivity contribution in [1.29, 1.82) is 0 Å². The van der Waals surface area contributed by atoms with Gasteiger partial charge < -0.3 is 9.84 Å². The van der Waals surface area contributed by atoms with Crippen LogP contribution in [0.2, 0.25) is 5.02 Å². The summed E-state index contributed by atoms with van der Waals surface area (Å²) in [6.45, 7) is 0. The molecule has 0 saturated carbocycles. The van der Waals surface area contributed by atoms with E-state index in [0.29, 0.717) is 0 Å². The van der Waals surface area contributed by atoms with Gasteiger partial charge in [-0.15, -0.1) is 0 Å². The highest BCUT2D eigenvalue weighted by atomic mass is 35.5. The summed E-state index contributed by atoms with van der Waals surface area (Å²) in [5.74, 6) is -0.897. The van der Waals surface area contributed by atoms with Gasteiger partial charge in [0.25, 0.3) is 6.43 Å². The molecule has 1 N–H and O–H groups in total. The zero-order valence-electron chi connectivity index (χ0n) is 8.28. The average molecular weight is 251 g/mol. The van der Waals surface area contributed by atoms with Crippen molar-refractivity contribution in [3.8, 4) is 0 Å². The third-order valence-electron chi connectivity index (χ3n) is 2.00. The van der Waals surface area contributed by atoms with Gasteiger partial charge in [0.15, 0.2) is 6.10 Å². The molecule has 0 aliphatic heterocycles. The van der Waals surface area contributed by atoms with Gasteiger partial charge in [-0.25, -0.2) is 13.6 Å². The van der Waals surface area contributed by atoms with Crippen molar-refractivity contribution in [2.75, 3.05) is 7.11 Å². The van der Waals surface area contributed by atoms with E-state index in [4.69, 9.17) is 11.6 Å². The predicted molar refractivity (Wildman–Crippen MR) is 53.4 cm³/mol. The van der Waals surface area contributed by atoms with Crippen molar-refractivity contribution in [1.82, 2.24) is 0 Å². The van der Waals surface area contributed by atoms with Crippen molar-refractivity contribution in [3.63, 3.8) is 0 Å². The van der Waals surface area contributed by atoms with Crippen LogP contribution < -0.4 is 0 Å². The van der Waals surface area contributed by atoms with Crippen molar-refractivity contribution in [2.45, 2.75) is 12.5 Å². The molecule has 1 atom stereocenters. The number of ether oxygens (including phenoxy) is 1. The van der Waals surface area contributed by atoms with Crippen LogP contribution in [-0.4, -0.2) is 18.2 Å². The van der Waals surface area contributed by atoms with Gasteiger partial charge in [-0.05, 0) is 6.07 Å². The van der Waals surface area contributed by atoms with E-state index in [1.165, 1.54) is 6.07 Å². The molecule has 0 radical (unpaired) electrons. The van der Waals surface area contributed by atoms with Gasteiger partial charge in [0.05, 0.1) is 7.11 Å². The number of aliphatic hydroxyl groups excluding tert-OH is 1. The predicted octanol–water partition coefficient (Wildman–Crippen LogP) is 2.48. The monoisotopic (exact) mass is 250 g/mol. The Labute approximate surface area is 95.6 Å². The molecule has 16 heavy (non-hydrogen) atoms. The maximum Gasteiger partial charge on any atom is 0.339 e. The molecule has 1 aromatic rings. The Kier molecular flexibility index (Phi) is 4.20. The largest absolute Gasteiger partial charge is 0.467 e. The third kappa shape index (κ3) is 2.68. The van der Waals surface area contributed by atoms with Crippen LogP contribution >= 0.6 is 11.6 Å². The number of esters is 1. The van der Waals surface area contributed by atoms with E-state index >= 15 is 0 Å². The summed E-state index contributed by atoms with van der Waals surface area (Å²) in [4.78, 5) is 11.0. The number of rotatable bonds is 3. The fourth-order valence-corrected chi connectivity index (χ4v) is 1.43. The van der Waals surface area contributed by atoms with Gasteiger partial charge in [-0.3, -0.25) is 0 Å². The number of hydrogen-bond donors (Lipinski definition) is 1. The number of aliphatic hydroxyl groups is 1. The Hall–Kier alpha value is -1.20. The zero-order chi connectivity index (χ0) is 12.3. The molecule has 0 aliphatic rings. The molecule has 0 aliphatic carbocycles. The maximum absolute atomic E-state index is 12.3. The van der Waals surface area contributed by atoms with Crippen molar-refractivity contribution < 1.29 is 23.4 Å². The second kappa shape index (κ2) is 5.23. The second-order valence-corrected chi connectivity index (χ2v) is 3.41. The van der Waals surface area contributed by atoms with Gasteiger partial charge in [0.2, 0.25) is 0 Å². The van der Waals surface area contributed by atoms with E-state index in [0.717, 1.165) is 19.2 Å². The van der Waals surface area contributed by atoms with Gasteiger partial charge in [0, 0.05) is 16.1 Å². The van der Waals surface area contributed by atoms with Crippen LogP contribution in [0.3, 0.4) is 0 Å². The Morgan fingerprint density at radius 1 is 1.50 bits per heavy atom. The number of benzene rings is 1. The first-order valence-corrected chi connectivity index (χ1v) is 4.68. The summed E-state index contributed by atoms with van der Waals surface area (Å²) in [6, 6.07) is 3.27. The second-order valence-electron chi connectivity index (χ2n) is 3.01. The number of methoxy groups -OCH3 is 1. The molecule has 3 nitrogen and oxygen atoms in total. The summed E-state index contributed by atoms with van der Waals surface area (Å²) >= 11 is 5.67. The first-order valence-electron chi connectivity index (χ1n) is 4.30. The number of halogens is 3. The van der Waals surface area contributed by atoms with Crippen molar-refractivity contribution in [2.24, 2.45) is 0 Å². The fraction of sp³-hybridized carbons (Fsp3) is 0.300. The first-order chi connectivity index (χ1) is 7.47. The smallest absolute Gasteiger partial charge is 0.339 e. The lowest BCUT2D eigenvalue weighted by Crippen LogP contribution is -2.14. The van der Waals surface area contributed by atoms with Gasteiger partial charge in [0.1, 0.15) is 0 Å². The molecular formula is C10H9ClF2O3. The fourth-order valence-electron chi connectivity index (χ4n) is 1.14. The molecule has 1 rings (SSSR count). The van der Waals surface area contributed by atoms with E-state index in [-0.39, 0.29) is 16.1 Å². The summed E-state index contributed by atoms with van der Waals surface area (Å²) in [5, 5.41) is 9.35. The minimum atomic E-state index is -2.65. The van der Waals surface area contributed by atoms with Crippen LogP contribution in [0.1, 0.15) is 23.7 Å². The summed E-state index contributed by atoms with van der Waals surface area (Å²) in [5.41, 5.74) is -0.233. The highest BCUT2D eigenvalue weighted by Crippen LogP contribution is 2.28. The highest BCUT2D eigenvalue weighted by molar-refractivity contribution is 6.31. The molecular weight excluding hydrogens is 242 g/mol. The van der Waals surface area contributed by atoms with Gasteiger partial charge in [-0.1, -0.05) is 23.7 Å². The quantitative estimate of drug-likeness (QED) is 0.839. The Morgan fingerprint density at radius 3 is 2.56 bits per heavy atom. The van der Waals surface area contributed by atoms with Crippen LogP contribution in [0.15, 0.2) is 18.2 Å². The van der Waals surface area contributed by atoms with E-state index in [1.807, 2.05) is 0 Å². The molecule has 0 fully saturated rings. The normalized spacial score (nSPS) is 12.6. The molecule has 0 amide bonds.